The molecule has 0 atom stereocenters. The highest BCUT2D eigenvalue weighted by molar-refractivity contribution is 5.78. The first-order valence-electron chi connectivity index (χ1n) is 10.7. The molecule has 1 fully saturated rings. The Kier molecular flexibility index (Phi) is 8.55. The van der Waals surface area contributed by atoms with Gasteiger partial charge in [-0.1, -0.05) is 36.4 Å². The van der Waals surface area contributed by atoms with Gasteiger partial charge in [0.05, 0.1) is 27.9 Å². The number of nitrogens with one attached hydrogen (secondary N) is 1. The van der Waals surface area contributed by atoms with Gasteiger partial charge in [-0.3, -0.25) is 14.6 Å². The van der Waals surface area contributed by atoms with Crippen molar-refractivity contribution in [3.05, 3.63) is 53.6 Å². The highest BCUT2D eigenvalue weighted by Crippen LogP contribution is 2.40. The van der Waals surface area contributed by atoms with Crippen LogP contribution in [0.25, 0.3) is 0 Å². The molecule has 1 saturated heterocycles. The molecule has 1 heterocycles. The Bertz CT molecular complexity index is 836. The Labute approximate surface area is 184 Å². The Balaban J connectivity index is 1.44. The number of methoxy groups -OCH3 is 3. The molecule has 2 aromatic rings. The Morgan fingerprint density at radius 2 is 1.55 bits per heavy atom. The van der Waals surface area contributed by atoms with Crippen LogP contribution in [0.15, 0.2) is 42.5 Å². The number of hydrogen-bond donors (Lipinski definition) is 1. The van der Waals surface area contributed by atoms with Gasteiger partial charge in [-0.15, -0.1) is 0 Å². The van der Waals surface area contributed by atoms with E-state index < -0.39 is 0 Å². The number of nitrogens with zero attached hydrogens (tertiary/aromatic N) is 2. The molecule has 1 aliphatic rings. The molecule has 0 aromatic heterocycles. The van der Waals surface area contributed by atoms with Crippen molar-refractivity contribution in [3.63, 3.8) is 0 Å². The largest absolute Gasteiger partial charge is 0.493 e. The molecule has 1 N–H and O–H groups in total. The summed E-state index contributed by atoms with van der Waals surface area (Å²) in [6.07, 6.45) is 0.855. The van der Waals surface area contributed by atoms with E-state index in [1.165, 1.54) is 5.56 Å². The molecule has 0 aliphatic carbocycles. The van der Waals surface area contributed by atoms with Gasteiger partial charge in [0.15, 0.2) is 11.5 Å². The molecule has 0 spiro atoms. The van der Waals surface area contributed by atoms with E-state index >= 15 is 0 Å². The molecule has 0 radical (unpaired) electrons. The first-order valence-corrected chi connectivity index (χ1v) is 10.7. The predicted octanol–water partition coefficient (Wildman–Crippen LogP) is 2.19. The minimum absolute atomic E-state index is 0.0888. The maximum absolute atomic E-state index is 12.3. The van der Waals surface area contributed by atoms with Gasteiger partial charge in [0.1, 0.15) is 0 Å². The topological polar surface area (TPSA) is 63.3 Å². The molecule has 0 bridgehead atoms. The molecule has 0 saturated carbocycles. The van der Waals surface area contributed by atoms with Crippen LogP contribution in [0, 0.1) is 0 Å². The summed E-state index contributed by atoms with van der Waals surface area (Å²) in [6, 6.07) is 14.1. The van der Waals surface area contributed by atoms with Gasteiger partial charge in [0.25, 0.3) is 0 Å². The van der Waals surface area contributed by atoms with Crippen molar-refractivity contribution >= 4 is 5.91 Å². The summed E-state index contributed by atoms with van der Waals surface area (Å²) in [5.74, 6) is 2.08. The summed E-state index contributed by atoms with van der Waals surface area (Å²) in [5.41, 5.74) is 2.30. The number of hydrogen-bond acceptors (Lipinski definition) is 6. The average Bonchev–Trinajstić information content (AvgIpc) is 2.80. The summed E-state index contributed by atoms with van der Waals surface area (Å²) in [4.78, 5) is 16.9. The van der Waals surface area contributed by atoms with Gasteiger partial charge in [0.2, 0.25) is 11.7 Å². The lowest BCUT2D eigenvalue weighted by atomic mass is 10.1. The molecule has 7 nitrogen and oxygen atoms in total. The minimum Gasteiger partial charge on any atom is -0.493 e. The van der Waals surface area contributed by atoms with Crippen molar-refractivity contribution in [2.45, 2.75) is 13.0 Å². The van der Waals surface area contributed by atoms with E-state index in [0.717, 1.165) is 44.7 Å². The zero-order valence-corrected chi connectivity index (χ0v) is 18.7. The summed E-state index contributed by atoms with van der Waals surface area (Å²) in [6.45, 7) is 5.40. The third kappa shape index (κ3) is 6.35. The van der Waals surface area contributed by atoms with Crippen molar-refractivity contribution in [2.24, 2.45) is 0 Å². The molecular formula is C24H33N3O4. The van der Waals surface area contributed by atoms with Crippen LogP contribution in [0.1, 0.15) is 11.1 Å². The molecule has 0 unspecified atom stereocenters. The van der Waals surface area contributed by atoms with Crippen LogP contribution >= 0.6 is 0 Å². The van der Waals surface area contributed by atoms with Crippen LogP contribution in [0.4, 0.5) is 0 Å². The standard InChI is InChI=1S/C24H33N3O4/c1-29-21-10-9-20(23(30-2)24(21)31-3)17-26-13-15-27(16-14-26)18-22(28)25-12-11-19-7-5-4-6-8-19/h4-10H,11-18H2,1-3H3,(H,25,28). The zero-order valence-electron chi connectivity index (χ0n) is 18.7. The first kappa shape index (κ1) is 22.9. The van der Waals surface area contributed by atoms with Gasteiger partial charge in [-0.05, 0) is 18.1 Å². The molecule has 1 aliphatic heterocycles. The predicted molar refractivity (Wildman–Crippen MR) is 121 cm³/mol. The number of benzene rings is 2. The second-order valence-corrected chi connectivity index (χ2v) is 7.63. The Morgan fingerprint density at radius 3 is 2.19 bits per heavy atom. The summed E-state index contributed by atoms with van der Waals surface area (Å²) in [7, 11) is 4.89. The van der Waals surface area contributed by atoms with E-state index in [1.807, 2.05) is 30.3 Å². The van der Waals surface area contributed by atoms with E-state index in [9.17, 15) is 4.79 Å². The lowest BCUT2D eigenvalue weighted by Crippen LogP contribution is -2.49. The number of piperazine rings is 1. The third-order valence-corrected chi connectivity index (χ3v) is 5.59. The van der Waals surface area contributed by atoms with Crippen LogP contribution in [0.2, 0.25) is 0 Å². The van der Waals surface area contributed by atoms with E-state index in [-0.39, 0.29) is 5.91 Å². The number of carbonyl (C=O) groups is 1. The fourth-order valence-electron chi connectivity index (χ4n) is 3.88. The van der Waals surface area contributed by atoms with Gasteiger partial charge in [-0.2, -0.15) is 0 Å². The Hall–Kier alpha value is -2.77. The second kappa shape index (κ2) is 11.6. The SMILES string of the molecule is COc1ccc(CN2CCN(CC(=O)NCCc3ccccc3)CC2)c(OC)c1OC. The van der Waals surface area contributed by atoms with Crippen molar-refractivity contribution in [1.82, 2.24) is 15.1 Å². The van der Waals surface area contributed by atoms with E-state index in [2.05, 4.69) is 27.2 Å². The average molecular weight is 428 g/mol. The third-order valence-electron chi connectivity index (χ3n) is 5.59. The van der Waals surface area contributed by atoms with Gasteiger partial charge in [-0.25, -0.2) is 0 Å². The van der Waals surface area contributed by atoms with Crippen LogP contribution < -0.4 is 19.5 Å². The highest BCUT2D eigenvalue weighted by atomic mass is 16.5. The molecule has 168 valence electrons. The van der Waals surface area contributed by atoms with Crippen molar-refractivity contribution < 1.29 is 19.0 Å². The van der Waals surface area contributed by atoms with Crippen LogP contribution in [-0.4, -0.2) is 76.3 Å². The maximum atomic E-state index is 12.3. The quantitative estimate of drug-likeness (QED) is 0.627. The lowest BCUT2D eigenvalue weighted by molar-refractivity contribution is -0.122. The molecule has 2 aromatic carbocycles. The van der Waals surface area contributed by atoms with Crippen LogP contribution in [0.5, 0.6) is 17.2 Å². The fourth-order valence-corrected chi connectivity index (χ4v) is 3.88. The van der Waals surface area contributed by atoms with Gasteiger partial charge < -0.3 is 19.5 Å². The summed E-state index contributed by atoms with van der Waals surface area (Å²) in [5, 5.41) is 3.03. The smallest absolute Gasteiger partial charge is 0.234 e. The molecule has 31 heavy (non-hydrogen) atoms. The molecule has 7 heteroatoms. The first-order chi connectivity index (χ1) is 15.1. The van der Waals surface area contributed by atoms with E-state index in [1.54, 1.807) is 21.3 Å². The van der Waals surface area contributed by atoms with Gasteiger partial charge >= 0.3 is 0 Å². The van der Waals surface area contributed by atoms with E-state index in [0.29, 0.717) is 30.3 Å². The fraction of sp³-hybridized carbons (Fsp3) is 0.458. The minimum atomic E-state index is 0.0888. The normalized spacial score (nSPS) is 14.8. The molecule has 3 rings (SSSR count). The Morgan fingerprint density at radius 1 is 0.871 bits per heavy atom. The molecule has 1 amide bonds. The number of amides is 1. The number of rotatable bonds is 10. The zero-order chi connectivity index (χ0) is 22.1. The maximum Gasteiger partial charge on any atom is 0.234 e. The lowest BCUT2D eigenvalue weighted by Gasteiger charge is -2.34. The summed E-state index contributed by atoms with van der Waals surface area (Å²) >= 11 is 0. The molecular weight excluding hydrogens is 394 g/mol. The highest BCUT2D eigenvalue weighted by Gasteiger charge is 2.22. The van der Waals surface area contributed by atoms with Gasteiger partial charge in [0, 0.05) is 44.8 Å². The van der Waals surface area contributed by atoms with Crippen LogP contribution in [-0.2, 0) is 17.8 Å². The van der Waals surface area contributed by atoms with Crippen molar-refractivity contribution in [1.29, 1.82) is 0 Å². The van der Waals surface area contributed by atoms with Crippen LogP contribution in [0.3, 0.4) is 0 Å². The number of ether oxygens (including phenoxy) is 3. The van der Waals surface area contributed by atoms with E-state index in [4.69, 9.17) is 14.2 Å². The van der Waals surface area contributed by atoms with Crippen molar-refractivity contribution in [3.8, 4) is 17.2 Å². The monoisotopic (exact) mass is 427 g/mol. The van der Waals surface area contributed by atoms with Crippen molar-refractivity contribution in [2.75, 3.05) is 60.6 Å². The summed E-state index contributed by atoms with van der Waals surface area (Å²) < 4.78 is 16.5. The number of carbonyl (C=O) groups excluding carboxylic acids is 1. The second-order valence-electron chi connectivity index (χ2n) is 7.63.